The van der Waals surface area contributed by atoms with Crippen LogP contribution in [-0.2, 0) is 9.53 Å². The van der Waals surface area contributed by atoms with Gasteiger partial charge in [0, 0.05) is 20.3 Å². The fraction of sp³-hybridized carbons (Fsp3) is 0.462. The van der Waals surface area contributed by atoms with E-state index in [9.17, 15) is 13.6 Å². The highest BCUT2D eigenvalue weighted by atomic mass is 19.2. The molecule has 0 bridgehead atoms. The van der Waals surface area contributed by atoms with Crippen molar-refractivity contribution in [3.63, 3.8) is 0 Å². The molecule has 1 heterocycles. The molecule has 1 atom stereocenters. The smallest absolute Gasteiger partial charge is 0.238 e. The maximum atomic E-state index is 13.2. The van der Waals surface area contributed by atoms with Gasteiger partial charge in [-0.2, -0.15) is 0 Å². The van der Waals surface area contributed by atoms with Crippen LogP contribution >= 0.6 is 0 Å². The summed E-state index contributed by atoms with van der Waals surface area (Å²) < 4.78 is 31.1. The summed E-state index contributed by atoms with van der Waals surface area (Å²) in [6.07, 6.45) is 0.295. The van der Waals surface area contributed by atoms with E-state index in [1.165, 1.54) is 6.07 Å². The topological polar surface area (TPSA) is 41.6 Å². The normalized spacial score (nSPS) is 19.2. The van der Waals surface area contributed by atoms with Crippen molar-refractivity contribution < 1.29 is 18.3 Å². The Bertz CT molecular complexity index is 468. The lowest BCUT2D eigenvalue weighted by molar-refractivity contribution is -0.128. The molecule has 1 aromatic rings. The predicted octanol–water partition coefficient (Wildman–Crippen LogP) is 1.43. The summed E-state index contributed by atoms with van der Waals surface area (Å²) in [4.78, 5) is 13.4. The molecule has 0 spiro atoms. The number of halogens is 2. The number of ether oxygens (including phenoxy) is 1. The van der Waals surface area contributed by atoms with E-state index in [4.69, 9.17) is 4.74 Å². The third-order valence-electron chi connectivity index (χ3n) is 3.09. The number of amides is 1. The maximum Gasteiger partial charge on any atom is 0.238 e. The molecule has 1 aliphatic heterocycles. The van der Waals surface area contributed by atoms with Crippen LogP contribution in [-0.4, -0.2) is 37.6 Å². The number of methoxy groups -OCH3 is 1. The zero-order valence-corrected chi connectivity index (χ0v) is 10.7. The number of nitrogens with one attached hydrogen (secondary N) is 1. The van der Waals surface area contributed by atoms with Crippen molar-refractivity contribution in [1.82, 2.24) is 10.2 Å². The summed E-state index contributed by atoms with van der Waals surface area (Å²) in [5.41, 5.74) is 0.544. The van der Waals surface area contributed by atoms with E-state index in [1.807, 2.05) is 0 Å². The van der Waals surface area contributed by atoms with Crippen LogP contribution in [0.1, 0.15) is 18.2 Å². The molecule has 1 aromatic carbocycles. The van der Waals surface area contributed by atoms with Crippen molar-refractivity contribution in [3.05, 3.63) is 35.4 Å². The van der Waals surface area contributed by atoms with E-state index in [0.29, 0.717) is 25.1 Å². The van der Waals surface area contributed by atoms with Gasteiger partial charge >= 0.3 is 0 Å². The first-order valence-corrected chi connectivity index (χ1v) is 6.10. The van der Waals surface area contributed by atoms with E-state index in [1.54, 1.807) is 12.0 Å². The Balaban J connectivity index is 2.12. The molecule has 0 radical (unpaired) electrons. The highest BCUT2D eigenvalue weighted by Gasteiger charge is 2.31. The van der Waals surface area contributed by atoms with Gasteiger partial charge in [0.15, 0.2) is 11.6 Å². The van der Waals surface area contributed by atoms with Crippen molar-refractivity contribution in [2.45, 2.75) is 12.6 Å². The third-order valence-corrected chi connectivity index (χ3v) is 3.09. The van der Waals surface area contributed by atoms with Crippen LogP contribution in [0.4, 0.5) is 8.78 Å². The molecule has 0 saturated carbocycles. The largest absolute Gasteiger partial charge is 0.385 e. The highest BCUT2D eigenvalue weighted by Crippen LogP contribution is 2.24. The summed E-state index contributed by atoms with van der Waals surface area (Å²) >= 11 is 0. The van der Waals surface area contributed by atoms with Gasteiger partial charge in [0.05, 0.1) is 6.54 Å². The Hall–Kier alpha value is -1.53. The minimum Gasteiger partial charge on any atom is -0.385 e. The third kappa shape index (κ3) is 3.08. The molecule has 4 nitrogen and oxygen atoms in total. The van der Waals surface area contributed by atoms with Crippen LogP contribution in [0.25, 0.3) is 0 Å². The molecule has 19 heavy (non-hydrogen) atoms. The summed E-state index contributed by atoms with van der Waals surface area (Å²) in [5, 5.41) is 2.99. The first kappa shape index (κ1) is 13.9. The van der Waals surface area contributed by atoms with Gasteiger partial charge in [-0.05, 0) is 24.1 Å². The predicted molar refractivity (Wildman–Crippen MR) is 65.3 cm³/mol. The first-order chi connectivity index (χ1) is 9.13. The Kier molecular flexibility index (Phi) is 4.44. The maximum absolute atomic E-state index is 13.2. The number of carbonyl (C=O) groups excluding carboxylic acids is 1. The molecule has 1 saturated heterocycles. The van der Waals surface area contributed by atoms with Crippen molar-refractivity contribution >= 4 is 5.91 Å². The van der Waals surface area contributed by atoms with Crippen LogP contribution in [0.15, 0.2) is 18.2 Å². The van der Waals surface area contributed by atoms with Gasteiger partial charge in [0.2, 0.25) is 5.91 Å². The van der Waals surface area contributed by atoms with Gasteiger partial charge in [0.1, 0.15) is 6.17 Å². The summed E-state index contributed by atoms with van der Waals surface area (Å²) in [5.74, 6) is -1.85. The Morgan fingerprint density at radius 1 is 1.42 bits per heavy atom. The number of carbonyl (C=O) groups is 1. The average molecular weight is 270 g/mol. The molecule has 1 amide bonds. The Labute approximate surface area is 110 Å². The fourth-order valence-corrected chi connectivity index (χ4v) is 2.15. The van der Waals surface area contributed by atoms with Crippen LogP contribution in [0, 0.1) is 11.6 Å². The Morgan fingerprint density at radius 3 is 2.89 bits per heavy atom. The number of benzene rings is 1. The molecule has 0 aliphatic carbocycles. The van der Waals surface area contributed by atoms with Crippen molar-refractivity contribution in [2.24, 2.45) is 0 Å². The van der Waals surface area contributed by atoms with Gasteiger partial charge in [-0.3, -0.25) is 10.1 Å². The number of rotatable bonds is 5. The second-order valence-corrected chi connectivity index (χ2v) is 4.39. The first-order valence-electron chi connectivity index (χ1n) is 6.10. The van der Waals surface area contributed by atoms with Gasteiger partial charge in [-0.15, -0.1) is 0 Å². The van der Waals surface area contributed by atoms with E-state index >= 15 is 0 Å². The van der Waals surface area contributed by atoms with Crippen LogP contribution in [0.2, 0.25) is 0 Å². The minimum absolute atomic E-state index is 0.0502. The lowest BCUT2D eigenvalue weighted by Gasteiger charge is -2.24. The van der Waals surface area contributed by atoms with Gasteiger partial charge in [-0.25, -0.2) is 8.78 Å². The van der Waals surface area contributed by atoms with Gasteiger partial charge in [-0.1, -0.05) is 6.07 Å². The molecule has 1 N–H and O–H groups in total. The molecule has 1 fully saturated rings. The SMILES string of the molecule is COCCCN1C(=O)CNC1c1ccc(F)c(F)c1. The monoisotopic (exact) mass is 270 g/mol. The quantitative estimate of drug-likeness (QED) is 0.823. The molecule has 2 rings (SSSR count). The van der Waals surface area contributed by atoms with Crippen molar-refractivity contribution in [3.8, 4) is 0 Å². The second-order valence-electron chi connectivity index (χ2n) is 4.39. The number of hydrogen-bond donors (Lipinski definition) is 1. The van der Waals surface area contributed by atoms with E-state index in [2.05, 4.69) is 5.32 Å². The summed E-state index contributed by atoms with van der Waals surface area (Å²) in [6, 6.07) is 3.68. The zero-order chi connectivity index (χ0) is 13.8. The van der Waals surface area contributed by atoms with E-state index < -0.39 is 17.8 Å². The lowest BCUT2D eigenvalue weighted by atomic mass is 10.1. The average Bonchev–Trinajstić information content (AvgIpc) is 2.75. The Morgan fingerprint density at radius 2 is 2.21 bits per heavy atom. The van der Waals surface area contributed by atoms with Gasteiger partial charge in [0.25, 0.3) is 0 Å². The second kappa shape index (κ2) is 6.08. The van der Waals surface area contributed by atoms with E-state index in [-0.39, 0.29) is 12.5 Å². The standard InChI is InChI=1S/C13H16F2N2O2/c1-19-6-2-5-17-12(18)8-16-13(17)9-3-4-10(14)11(15)7-9/h3-4,7,13,16H,2,5-6,8H2,1H3. The highest BCUT2D eigenvalue weighted by molar-refractivity contribution is 5.80. The molecule has 6 heteroatoms. The summed E-state index contributed by atoms with van der Waals surface area (Å²) in [7, 11) is 1.59. The lowest BCUT2D eigenvalue weighted by Crippen LogP contribution is -2.31. The van der Waals surface area contributed by atoms with Crippen molar-refractivity contribution in [2.75, 3.05) is 26.8 Å². The molecular formula is C13H16F2N2O2. The summed E-state index contributed by atoms with van der Waals surface area (Å²) in [6.45, 7) is 1.27. The molecule has 1 unspecified atom stereocenters. The number of nitrogens with zero attached hydrogens (tertiary/aromatic N) is 1. The molecule has 0 aromatic heterocycles. The van der Waals surface area contributed by atoms with Gasteiger partial charge < -0.3 is 9.64 Å². The minimum atomic E-state index is -0.907. The van der Waals surface area contributed by atoms with Crippen LogP contribution in [0.3, 0.4) is 0 Å². The fourth-order valence-electron chi connectivity index (χ4n) is 2.15. The van der Waals surface area contributed by atoms with E-state index in [0.717, 1.165) is 12.1 Å². The number of hydrogen-bond acceptors (Lipinski definition) is 3. The van der Waals surface area contributed by atoms with Crippen molar-refractivity contribution in [1.29, 1.82) is 0 Å². The molecule has 1 aliphatic rings. The molecule has 104 valence electrons. The van der Waals surface area contributed by atoms with Crippen LogP contribution in [0.5, 0.6) is 0 Å². The van der Waals surface area contributed by atoms with Crippen LogP contribution < -0.4 is 5.32 Å². The zero-order valence-electron chi connectivity index (χ0n) is 10.7. The molecular weight excluding hydrogens is 254 g/mol.